The Bertz CT molecular complexity index is 502. The second-order valence-corrected chi connectivity index (χ2v) is 3.39. The number of benzene rings is 1. The smallest absolute Gasteiger partial charge is 0.269 e. The summed E-state index contributed by atoms with van der Waals surface area (Å²) in [5.74, 6) is -1.29. The highest BCUT2D eigenvalue weighted by atomic mass is 19.4. The van der Waals surface area contributed by atoms with Gasteiger partial charge in [-0.3, -0.25) is 9.59 Å². The Kier molecular flexibility index (Phi) is 2.49. The third-order valence-corrected chi connectivity index (χ3v) is 2.24. The van der Waals surface area contributed by atoms with Gasteiger partial charge in [-0.05, 0) is 18.2 Å². The molecule has 0 bridgehead atoms. The van der Waals surface area contributed by atoms with E-state index in [0.29, 0.717) is 4.90 Å². The topological polar surface area (TPSA) is 37.4 Å². The van der Waals surface area contributed by atoms with Crippen LogP contribution in [0.3, 0.4) is 0 Å². The third kappa shape index (κ3) is 2.06. The lowest BCUT2D eigenvalue weighted by atomic mass is 10.2. The molecule has 0 spiro atoms. The zero-order chi connectivity index (χ0) is 12.6. The molecule has 3 nitrogen and oxygen atoms in total. The normalized spacial score (nSPS) is 15.8. The summed E-state index contributed by atoms with van der Waals surface area (Å²) < 4.78 is 37.3. The van der Waals surface area contributed by atoms with E-state index in [2.05, 4.69) is 0 Å². The van der Waals surface area contributed by atoms with E-state index < -0.39 is 23.6 Å². The van der Waals surface area contributed by atoms with Crippen molar-refractivity contribution >= 4 is 17.5 Å². The second-order valence-electron chi connectivity index (χ2n) is 3.39. The molecule has 1 heterocycles. The van der Waals surface area contributed by atoms with Crippen LogP contribution in [-0.4, -0.2) is 11.8 Å². The molecule has 2 amide bonds. The highest BCUT2D eigenvalue weighted by Crippen LogP contribution is 2.32. The number of alkyl halides is 3. The lowest BCUT2D eigenvalue weighted by molar-refractivity contribution is -0.137. The van der Waals surface area contributed by atoms with E-state index in [1.165, 1.54) is 6.07 Å². The molecular formula is C11H6F3NO2. The molecule has 0 saturated carbocycles. The number of rotatable bonds is 1. The van der Waals surface area contributed by atoms with Crippen LogP contribution < -0.4 is 4.90 Å². The Morgan fingerprint density at radius 3 is 2.12 bits per heavy atom. The summed E-state index contributed by atoms with van der Waals surface area (Å²) in [4.78, 5) is 23.3. The number of amides is 2. The maximum Gasteiger partial charge on any atom is 0.416 e. The average Bonchev–Trinajstić information content (AvgIpc) is 2.57. The van der Waals surface area contributed by atoms with Gasteiger partial charge in [0.2, 0.25) is 0 Å². The minimum atomic E-state index is -4.50. The molecule has 1 aliphatic heterocycles. The van der Waals surface area contributed by atoms with Gasteiger partial charge in [-0.25, -0.2) is 4.90 Å². The lowest BCUT2D eigenvalue weighted by Crippen LogP contribution is -2.29. The quantitative estimate of drug-likeness (QED) is 0.706. The number of halogens is 3. The molecule has 0 unspecified atom stereocenters. The van der Waals surface area contributed by atoms with Crippen molar-refractivity contribution in [3.8, 4) is 0 Å². The van der Waals surface area contributed by atoms with Gasteiger partial charge < -0.3 is 0 Å². The van der Waals surface area contributed by atoms with Crippen molar-refractivity contribution in [3.05, 3.63) is 42.0 Å². The lowest BCUT2D eigenvalue weighted by Gasteiger charge is -2.15. The van der Waals surface area contributed by atoms with Crippen LogP contribution in [0.1, 0.15) is 5.56 Å². The van der Waals surface area contributed by atoms with Crippen LogP contribution in [0.5, 0.6) is 0 Å². The van der Waals surface area contributed by atoms with E-state index in [9.17, 15) is 22.8 Å². The van der Waals surface area contributed by atoms with Gasteiger partial charge in [0.05, 0.1) is 11.3 Å². The number of hydrogen-bond donors (Lipinski definition) is 0. The first-order valence-corrected chi connectivity index (χ1v) is 4.63. The van der Waals surface area contributed by atoms with Gasteiger partial charge in [-0.2, -0.15) is 13.2 Å². The Morgan fingerprint density at radius 1 is 1.00 bits per heavy atom. The maximum absolute atomic E-state index is 12.4. The van der Waals surface area contributed by atoms with Crippen molar-refractivity contribution in [2.45, 2.75) is 6.18 Å². The molecule has 0 atom stereocenters. The number of imide groups is 1. The van der Waals surface area contributed by atoms with Crippen LogP contribution in [0.25, 0.3) is 0 Å². The highest BCUT2D eigenvalue weighted by Gasteiger charge is 2.32. The average molecular weight is 241 g/mol. The van der Waals surface area contributed by atoms with Gasteiger partial charge in [-0.1, -0.05) is 6.07 Å². The van der Waals surface area contributed by atoms with E-state index in [-0.39, 0.29) is 5.69 Å². The summed E-state index contributed by atoms with van der Waals surface area (Å²) in [6, 6.07) is 4.07. The van der Waals surface area contributed by atoms with Crippen LogP contribution in [0.4, 0.5) is 18.9 Å². The first-order valence-electron chi connectivity index (χ1n) is 4.63. The van der Waals surface area contributed by atoms with Crippen LogP contribution in [0.15, 0.2) is 36.4 Å². The molecule has 0 N–H and O–H groups in total. The molecular weight excluding hydrogens is 235 g/mol. The largest absolute Gasteiger partial charge is 0.416 e. The van der Waals surface area contributed by atoms with Crippen molar-refractivity contribution in [1.82, 2.24) is 0 Å². The number of carbonyl (C=O) groups excluding carboxylic acids is 2. The van der Waals surface area contributed by atoms with Gasteiger partial charge in [0.25, 0.3) is 11.8 Å². The summed E-state index contributed by atoms with van der Waals surface area (Å²) in [7, 11) is 0. The van der Waals surface area contributed by atoms with E-state index in [1.807, 2.05) is 0 Å². The molecule has 1 aromatic carbocycles. The SMILES string of the molecule is O=C1C=CC(=O)N1c1cccc(C(F)(F)F)c1. The van der Waals surface area contributed by atoms with Gasteiger partial charge in [-0.15, -0.1) is 0 Å². The first kappa shape index (κ1) is 11.4. The van der Waals surface area contributed by atoms with Gasteiger partial charge in [0, 0.05) is 12.2 Å². The maximum atomic E-state index is 12.4. The summed E-state index contributed by atoms with van der Waals surface area (Å²) in [5.41, 5.74) is -0.984. The Balaban J connectivity index is 2.41. The zero-order valence-corrected chi connectivity index (χ0v) is 8.36. The minimum absolute atomic E-state index is 0.0835. The molecule has 1 aliphatic rings. The Hall–Kier alpha value is -2.11. The number of hydrogen-bond acceptors (Lipinski definition) is 2. The first-order chi connectivity index (χ1) is 7.89. The fraction of sp³-hybridized carbons (Fsp3) is 0.0909. The van der Waals surface area contributed by atoms with Gasteiger partial charge in [0.1, 0.15) is 0 Å². The van der Waals surface area contributed by atoms with Crippen LogP contribution in [0, 0.1) is 0 Å². The predicted molar refractivity (Wildman–Crippen MR) is 53.1 cm³/mol. The third-order valence-electron chi connectivity index (χ3n) is 2.24. The second kappa shape index (κ2) is 3.73. The van der Waals surface area contributed by atoms with Crippen LogP contribution >= 0.6 is 0 Å². The molecule has 6 heteroatoms. The molecule has 2 rings (SSSR count). The molecule has 0 aliphatic carbocycles. The van der Waals surface area contributed by atoms with Crippen molar-refractivity contribution < 1.29 is 22.8 Å². The number of carbonyl (C=O) groups is 2. The van der Waals surface area contributed by atoms with Crippen LogP contribution in [0.2, 0.25) is 0 Å². The van der Waals surface area contributed by atoms with Crippen molar-refractivity contribution in [1.29, 1.82) is 0 Å². The summed E-state index contributed by atoms with van der Waals surface area (Å²) in [6.45, 7) is 0. The molecule has 1 aromatic rings. The van der Waals surface area contributed by atoms with Crippen molar-refractivity contribution in [2.24, 2.45) is 0 Å². The van der Waals surface area contributed by atoms with Crippen molar-refractivity contribution in [3.63, 3.8) is 0 Å². The van der Waals surface area contributed by atoms with E-state index in [1.54, 1.807) is 0 Å². The van der Waals surface area contributed by atoms with Crippen molar-refractivity contribution in [2.75, 3.05) is 4.90 Å². The standard InChI is InChI=1S/C11H6F3NO2/c12-11(13,14)7-2-1-3-8(6-7)15-9(16)4-5-10(15)17/h1-6H. The molecule has 0 fully saturated rings. The Labute approximate surface area is 94.1 Å². The van der Waals surface area contributed by atoms with Crippen LogP contribution in [-0.2, 0) is 15.8 Å². The molecule has 0 saturated heterocycles. The van der Waals surface area contributed by atoms with E-state index in [0.717, 1.165) is 30.4 Å². The summed E-state index contributed by atoms with van der Waals surface area (Å²) >= 11 is 0. The summed E-state index contributed by atoms with van der Waals surface area (Å²) in [5, 5.41) is 0. The monoisotopic (exact) mass is 241 g/mol. The molecule has 0 radical (unpaired) electrons. The highest BCUT2D eigenvalue weighted by molar-refractivity contribution is 6.28. The van der Waals surface area contributed by atoms with Gasteiger partial charge in [0.15, 0.2) is 0 Å². The van der Waals surface area contributed by atoms with E-state index >= 15 is 0 Å². The van der Waals surface area contributed by atoms with E-state index in [4.69, 9.17) is 0 Å². The van der Waals surface area contributed by atoms with Gasteiger partial charge >= 0.3 is 6.18 Å². The number of anilines is 1. The Morgan fingerprint density at radius 2 is 1.59 bits per heavy atom. The fourth-order valence-electron chi connectivity index (χ4n) is 1.48. The minimum Gasteiger partial charge on any atom is -0.269 e. The molecule has 17 heavy (non-hydrogen) atoms. The summed E-state index contributed by atoms with van der Waals surface area (Å²) in [6.07, 6.45) is -2.47. The predicted octanol–water partition coefficient (Wildman–Crippen LogP) is 2.13. The zero-order valence-electron chi connectivity index (χ0n) is 8.36. The number of nitrogens with zero attached hydrogens (tertiary/aromatic N) is 1. The fourth-order valence-corrected chi connectivity index (χ4v) is 1.48. The molecule has 0 aromatic heterocycles. The molecule has 88 valence electrons.